The van der Waals surface area contributed by atoms with Gasteiger partial charge in [0.2, 0.25) is 5.91 Å². The molecule has 31 heavy (non-hydrogen) atoms. The summed E-state index contributed by atoms with van der Waals surface area (Å²) in [7, 11) is 0. The lowest BCUT2D eigenvalue weighted by atomic mass is 10.1. The molecule has 0 saturated heterocycles. The third-order valence-corrected chi connectivity index (χ3v) is 5.01. The molecule has 2 amide bonds. The number of amides is 2. The van der Waals surface area contributed by atoms with E-state index in [1.807, 2.05) is 49.4 Å². The van der Waals surface area contributed by atoms with Crippen LogP contribution in [-0.2, 0) is 24.2 Å². The van der Waals surface area contributed by atoms with Crippen molar-refractivity contribution in [2.45, 2.75) is 32.7 Å². The minimum Gasteiger partial charge on any atom is -0.467 e. The van der Waals surface area contributed by atoms with Crippen LogP contribution < -0.4 is 10.6 Å². The van der Waals surface area contributed by atoms with Crippen LogP contribution >= 0.6 is 0 Å². The van der Waals surface area contributed by atoms with E-state index in [9.17, 15) is 9.59 Å². The number of imidazole rings is 1. The van der Waals surface area contributed by atoms with Gasteiger partial charge >= 0.3 is 0 Å². The van der Waals surface area contributed by atoms with E-state index in [4.69, 9.17) is 4.42 Å². The van der Waals surface area contributed by atoms with Crippen LogP contribution in [0.25, 0.3) is 11.0 Å². The summed E-state index contributed by atoms with van der Waals surface area (Å²) in [5, 5.41) is 5.69. The van der Waals surface area contributed by atoms with Crippen LogP contribution in [0.15, 0.2) is 65.3 Å². The Labute approximate surface area is 179 Å². The molecule has 0 aliphatic carbocycles. The molecule has 2 aromatic heterocycles. The number of aryl methyl sites for hydroxylation is 2. The molecule has 0 fully saturated rings. The molecule has 0 atom stereocenters. The second kappa shape index (κ2) is 9.30. The summed E-state index contributed by atoms with van der Waals surface area (Å²) in [5.74, 6) is 1.42. The molecule has 7 nitrogen and oxygen atoms in total. The minimum atomic E-state index is -0.162. The molecule has 4 rings (SSSR count). The van der Waals surface area contributed by atoms with Gasteiger partial charge in [0.15, 0.2) is 0 Å². The molecule has 2 heterocycles. The van der Waals surface area contributed by atoms with Gasteiger partial charge in [-0.1, -0.05) is 19.1 Å². The first-order valence-corrected chi connectivity index (χ1v) is 10.3. The normalized spacial score (nSPS) is 10.9. The maximum Gasteiger partial charge on any atom is 0.251 e. The van der Waals surface area contributed by atoms with E-state index >= 15 is 0 Å². The molecule has 3 N–H and O–H groups in total. The van der Waals surface area contributed by atoms with Crippen molar-refractivity contribution in [1.29, 1.82) is 0 Å². The molecule has 4 aromatic rings. The number of hydrogen-bond donors (Lipinski definition) is 3. The summed E-state index contributed by atoms with van der Waals surface area (Å²) in [6.07, 6.45) is 3.60. The lowest BCUT2D eigenvalue weighted by molar-refractivity contribution is -0.115. The van der Waals surface area contributed by atoms with Crippen molar-refractivity contribution in [3.63, 3.8) is 0 Å². The van der Waals surface area contributed by atoms with Crippen molar-refractivity contribution < 1.29 is 14.0 Å². The number of nitrogens with zero attached hydrogens (tertiary/aromatic N) is 1. The van der Waals surface area contributed by atoms with Crippen molar-refractivity contribution in [2.75, 3.05) is 5.32 Å². The maximum atomic E-state index is 12.4. The average Bonchev–Trinajstić information content (AvgIpc) is 3.45. The largest absolute Gasteiger partial charge is 0.467 e. The summed E-state index contributed by atoms with van der Waals surface area (Å²) in [5.41, 5.74) is 4.19. The van der Waals surface area contributed by atoms with Gasteiger partial charge < -0.3 is 20.0 Å². The lowest BCUT2D eigenvalue weighted by Gasteiger charge is -2.05. The monoisotopic (exact) mass is 416 g/mol. The Morgan fingerprint density at radius 2 is 1.90 bits per heavy atom. The zero-order valence-electron chi connectivity index (χ0n) is 17.3. The highest BCUT2D eigenvalue weighted by molar-refractivity contribution is 5.97. The Balaban J connectivity index is 1.36. The van der Waals surface area contributed by atoms with Gasteiger partial charge in [0, 0.05) is 24.1 Å². The van der Waals surface area contributed by atoms with Gasteiger partial charge in [-0.15, -0.1) is 0 Å². The highest BCUT2D eigenvalue weighted by atomic mass is 16.3. The Morgan fingerprint density at radius 1 is 1.06 bits per heavy atom. The van der Waals surface area contributed by atoms with Crippen molar-refractivity contribution in [3.05, 3.63) is 83.6 Å². The van der Waals surface area contributed by atoms with Crippen LogP contribution in [-0.4, -0.2) is 21.8 Å². The number of nitrogens with one attached hydrogen (secondary N) is 3. The van der Waals surface area contributed by atoms with E-state index < -0.39 is 0 Å². The molecule has 158 valence electrons. The molecule has 0 spiro atoms. The molecule has 0 aliphatic rings. The molecule has 0 bridgehead atoms. The third kappa shape index (κ3) is 5.19. The van der Waals surface area contributed by atoms with Crippen LogP contribution in [0.5, 0.6) is 0 Å². The first-order valence-electron chi connectivity index (χ1n) is 10.3. The number of fused-ring (bicyclic) bond motifs is 1. The summed E-state index contributed by atoms with van der Waals surface area (Å²) < 4.78 is 5.24. The Hall–Kier alpha value is -3.87. The topological polar surface area (TPSA) is 100 Å². The van der Waals surface area contributed by atoms with E-state index in [1.54, 1.807) is 18.4 Å². The molecular weight excluding hydrogens is 392 g/mol. The molecule has 2 aromatic carbocycles. The van der Waals surface area contributed by atoms with Gasteiger partial charge in [-0.25, -0.2) is 4.98 Å². The number of furan rings is 1. The molecule has 0 radical (unpaired) electrons. The van der Waals surface area contributed by atoms with Crippen molar-refractivity contribution >= 4 is 28.5 Å². The van der Waals surface area contributed by atoms with Gasteiger partial charge in [0.1, 0.15) is 11.6 Å². The number of rotatable bonds is 8. The molecular formula is C24H24N4O3. The number of benzene rings is 2. The van der Waals surface area contributed by atoms with Gasteiger partial charge in [-0.2, -0.15) is 0 Å². The van der Waals surface area contributed by atoms with Crippen molar-refractivity contribution in [3.8, 4) is 0 Å². The van der Waals surface area contributed by atoms with Gasteiger partial charge in [0.25, 0.3) is 5.91 Å². The number of H-pyrrole nitrogens is 1. The van der Waals surface area contributed by atoms with E-state index in [2.05, 4.69) is 20.6 Å². The fourth-order valence-electron chi connectivity index (χ4n) is 3.27. The van der Waals surface area contributed by atoms with Crippen LogP contribution in [0.3, 0.4) is 0 Å². The Kier molecular flexibility index (Phi) is 6.12. The summed E-state index contributed by atoms with van der Waals surface area (Å²) in [4.78, 5) is 31.8. The summed E-state index contributed by atoms with van der Waals surface area (Å²) in [6, 6.07) is 16.9. The van der Waals surface area contributed by atoms with E-state index in [1.165, 1.54) is 0 Å². The number of hydrogen-bond acceptors (Lipinski definition) is 4. The Bertz CT molecular complexity index is 1180. The zero-order chi connectivity index (χ0) is 21.6. The molecule has 7 heteroatoms. The third-order valence-electron chi connectivity index (χ3n) is 5.01. The second-order valence-electron chi connectivity index (χ2n) is 7.28. The standard InChI is InChI=1S/C24H24N4O3/c1-2-23(29)26-18-9-5-16(6-10-18)7-12-22-27-20-11-8-17(14-21(20)28-22)24(30)25-15-19-4-3-13-31-19/h3-6,8-11,13-14H,2,7,12,15H2,1H3,(H,25,30)(H,26,29)(H,27,28). The maximum absolute atomic E-state index is 12.4. The number of carbonyl (C=O) groups excluding carboxylic acids is 2. The average molecular weight is 416 g/mol. The second-order valence-corrected chi connectivity index (χ2v) is 7.28. The highest BCUT2D eigenvalue weighted by Crippen LogP contribution is 2.16. The van der Waals surface area contributed by atoms with E-state index in [0.29, 0.717) is 24.3 Å². The number of aromatic amines is 1. The number of aromatic nitrogens is 2. The fourth-order valence-corrected chi connectivity index (χ4v) is 3.27. The van der Waals surface area contributed by atoms with Crippen LogP contribution in [0.2, 0.25) is 0 Å². The van der Waals surface area contributed by atoms with E-state index in [-0.39, 0.29) is 11.8 Å². The van der Waals surface area contributed by atoms with Crippen molar-refractivity contribution in [1.82, 2.24) is 15.3 Å². The molecule has 0 saturated carbocycles. The number of carbonyl (C=O) groups is 2. The van der Waals surface area contributed by atoms with Crippen molar-refractivity contribution in [2.24, 2.45) is 0 Å². The molecule has 0 aliphatic heterocycles. The smallest absolute Gasteiger partial charge is 0.251 e. The van der Waals surface area contributed by atoms with Gasteiger partial charge in [-0.3, -0.25) is 9.59 Å². The van der Waals surface area contributed by atoms with Crippen LogP contribution in [0.1, 0.15) is 40.9 Å². The zero-order valence-corrected chi connectivity index (χ0v) is 17.3. The first-order chi connectivity index (χ1) is 15.1. The quantitative estimate of drug-likeness (QED) is 0.400. The van der Waals surface area contributed by atoms with Gasteiger partial charge in [-0.05, 0) is 54.4 Å². The van der Waals surface area contributed by atoms with E-state index in [0.717, 1.165) is 41.0 Å². The minimum absolute atomic E-state index is 0.00374. The summed E-state index contributed by atoms with van der Waals surface area (Å²) in [6.45, 7) is 2.17. The molecule has 0 unspecified atom stereocenters. The predicted molar refractivity (Wildman–Crippen MR) is 119 cm³/mol. The Morgan fingerprint density at radius 3 is 2.65 bits per heavy atom. The van der Waals surface area contributed by atoms with Crippen LogP contribution in [0.4, 0.5) is 5.69 Å². The van der Waals surface area contributed by atoms with Gasteiger partial charge in [0.05, 0.1) is 23.8 Å². The van der Waals surface area contributed by atoms with Crippen LogP contribution in [0, 0.1) is 0 Å². The fraction of sp³-hybridized carbons (Fsp3) is 0.208. The lowest BCUT2D eigenvalue weighted by Crippen LogP contribution is -2.22. The highest BCUT2D eigenvalue weighted by Gasteiger charge is 2.10. The SMILES string of the molecule is CCC(=O)Nc1ccc(CCc2nc3ccc(C(=O)NCc4ccco4)cc3[nH]2)cc1. The number of anilines is 1. The first kappa shape index (κ1) is 20.4. The predicted octanol–water partition coefficient (Wildman–Crippen LogP) is 4.22. The summed E-state index contributed by atoms with van der Waals surface area (Å²) >= 11 is 0.